The highest BCUT2D eigenvalue weighted by molar-refractivity contribution is 5.81. The lowest BCUT2D eigenvalue weighted by atomic mass is 10.1. The summed E-state index contributed by atoms with van der Waals surface area (Å²) in [6, 6.07) is 10.3. The van der Waals surface area contributed by atoms with E-state index in [4.69, 9.17) is 0 Å². The van der Waals surface area contributed by atoms with E-state index in [1.807, 2.05) is 37.1 Å². The summed E-state index contributed by atoms with van der Waals surface area (Å²) in [5, 5.41) is 8.91. The van der Waals surface area contributed by atoms with Crippen molar-refractivity contribution in [1.29, 1.82) is 0 Å². The highest BCUT2D eigenvalue weighted by Crippen LogP contribution is 2.18. The number of nitrogens with one attached hydrogen (secondary N) is 1. The first-order chi connectivity index (χ1) is 9.24. The van der Waals surface area contributed by atoms with Crippen molar-refractivity contribution in [3.8, 4) is 0 Å². The van der Waals surface area contributed by atoms with Gasteiger partial charge in [-0.1, -0.05) is 24.3 Å². The van der Waals surface area contributed by atoms with Crippen LogP contribution in [0.4, 0.5) is 5.69 Å². The van der Waals surface area contributed by atoms with Crippen molar-refractivity contribution in [2.75, 3.05) is 5.32 Å². The lowest BCUT2D eigenvalue weighted by Crippen LogP contribution is -2.01. The van der Waals surface area contributed by atoms with Crippen LogP contribution in [-0.2, 0) is 13.6 Å². The van der Waals surface area contributed by atoms with E-state index in [-0.39, 0.29) is 0 Å². The Hall–Kier alpha value is -2.36. The highest BCUT2D eigenvalue weighted by atomic mass is 15.3. The Labute approximate surface area is 112 Å². The first-order valence-electron chi connectivity index (χ1n) is 6.31. The van der Waals surface area contributed by atoms with E-state index < -0.39 is 0 Å². The maximum Gasteiger partial charge on any atom is 0.0825 e. The third-order valence-electron chi connectivity index (χ3n) is 3.20. The molecule has 4 heteroatoms. The lowest BCUT2D eigenvalue weighted by molar-refractivity contribution is 0.756. The third-order valence-corrected chi connectivity index (χ3v) is 3.20. The summed E-state index contributed by atoms with van der Waals surface area (Å²) in [7, 11) is 1.93. The number of nitrogens with zero attached hydrogens (tertiary/aromatic N) is 3. The van der Waals surface area contributed by atoms with Crippen LogP contribution in [0.25, 0.3) is 10.9 Å². The molecule has 0 amide bonds. The largest absolute Gasteiger partial charge is 0.378 e. The van der Waals surface area contributed by atoms with Gasteiger partial charge in [0.15, 0.2) is 0 Å². The normalized spacial score (nSPS) is 10.8. The van der Waals surface area contributed by atoms with Gasteiger partial charge in [0.05, 0.1) is 16.9 Å². The number of rotatable bonds is 3. The van der Waals surface area contributed by atoms with E-state index in [2.05, 4.69) is 39.7 Å². The minimum Gasteiger partial charge on any atom is -0.378 e. The van der Waals surface area contributed by atoms with Gasteiger partial charge in [0.1, 0.15) is 0 Å². The average molecular weight is 252 g/mol. The molecule has 0 radical (unpaired) electrons. The summed E-state index contributed by atoms with van der Waals surface area (Å²) in [6.45, 7) is 2.75. The van der Waals surface area contributed by atoms with Gasteiger partial charge in [-0.25, -0.2) is 0 Å². The quantitative estimate of drug-likeness (QED) is 0.779. The Kier molecular flexibility index (Phi) is 2.91. The van der Waals surface area contributed by atoms with Gasteiger partial charge in [-0.3, -0.25) is 9.67 Å². The van der Waals surface area contributed by atoms with Gasteiger partial charge in [0, 0.05) is 31.4 Å². The third kappa shape index (κ3) is 2.29. The summed E-state index contributed by atoms with van der Waals surface area (Å²) in [4.78, 5) is 4.46. The predicted molar refractivity (Wildman–Crippen MR) is 77.0 cm³/mol. The van der Waals surface area contributed by atoms with Crippen molar-refractivity contribution in [3.63, 3.8) is 0 Å². The zero-order valence-electron chi connectivity index (χ0n) is 11.1. The molecule has 0 saturated heterocycles. The van der Waals surface area contributed by atoms with Gasteiger partial charge < -0.3 is 5.32 Å². The van der Waals surface area contributed by atoms with Crippen molar-refractivity contribution in [1.82, 2.24) is 14.8 Å². The van der Waals surface area contributed by atoms with Crippen LogP contribution >= 0.6 is 0 Å². The zero-order valence-corrected chi connectivity index (χ0v) is 11.1. The summed E-state index contributed by atoms with van der Waals surface area (Å²) in [5.74, 6) is 0. The number of aromatic nitrogens is 3. The summed E-state index contributed by atoms with van der Waals surface area (Å²) in [6.07, 6.45) is 3.83. The molecule has 1 N–H and O–H groups in total. The molecule has 0 unspecified atom stereocenters. The monoisotopic (exact) mass is 252 g/mol. The standard InChI is InChI=1S/C15H16N4/c1-11-14(10-19(2)18-11)17-9-13-6-3-5-12-7-4-8-16-15(12)13/h3-8,10,17H,9H2,1-2H3. The molecule has 0 aliphatic carbocycles. The number of aryl methyl sites for hydroxylation is 2. The number of para-hydroxylation sites is 1. The van der Waals surface area contributed by atoms with Crippen molar-refractivity contribution in [3.05, 3.63) is 54.0 Å². The van der Waals surface area contributed by atoms with Crippen molar-refractivity contribution < 1.29 is 0 Å². The number of hydrogen-bond donors (Lipinski definition) is 1. The van der Waals surface area contributed by atoms with E-state index in [0.29, 0.717) is 0 Å². The average Bonchev–Trinajstić information content (AvgIpc) is 2.74. The number of fused-ring (bicyclic) bond motifs is 1. The Morgan fingerprint density at radius 3 is 2.84 bits per heavy atom. The number of pyridine rings is 1. The first kappa shape index (κ1) is 11.7. The summed E-state index contributed by atoms with van der Waals surface area (Å²) >= 11 is 0. The molecular formula is C15H16N4. The second-order valence-electron chi connectivity index (χ2n) is 4.65. The molecule has 0 spiro atoms. The topological polar surface area (TPSA) is 42.7 Å². The van der Waals surface area contributed by atoms with E-state index >= 15 is 0 Å². The fraction of sp³-hybridized carbons (Fsp3) is 0.200. The molecule has 0 atom stereocenters. The van der Waals surface area contributed by atoms with Crippen LogP contribution in [0.3, 0.4) is 0 Å². The van der Waals surface area contributed by atoms with Gasteiger partial charge in [0.2, 0.25) is 0 Å². The fourth-order valence-electron chi connectivity index (χ4n) is 2.27. The van der Waals surface area contributed by atoms with Gasteiger partial charge >= 0.3 is 0 Å². The van der Waals surface area contributed by atoms with Crippen molar-refractivity contribution in [2.24, 2.45) is 7.05 Å². The number of anilines is 1. The van der Waals surface area contributed by atoms with Gasteiger partial charge in [0.25, 0.3) is 0 Å². The molecule has 2 aromatic heterocycles. The molecule has 19 heavy (non-hydrogen) atoms. The van der Waals surface area contributed by atoms with E-state index in [1.54, 1.807) is 0 Å². The lowest BCUT2D eigenvalue weighted by Gasteiger charge is -2.07. The molecule has 4 nitrogen and oxygen atoms in total. The number of hydrogen-bond acceptors (Lipinski definition) is 3. The van der Waals surface area contributed by atoms with Crippen molar-refractivity contribution >= 4 is 16.6 Å². The summed E-state index contributed by atoms with van der Waals surface area (Å²) < 4.78 is 1.82. The van der Waals surface area contributed by atoms with E-state index in [1.165, 1.54) is 10.9 Å². The van der Waals surface area contributed by atoms with Crippen LogP contribution in [0.15, 0.2) is 42.7 Å². The molecule has 0 bridgehead atoms. The van der Waals surface area contributed by atoms with Crippen LogP contribution in [0.2, 0.25) is 0 Å². The fourth-order valence-corrected chi connectivity index (χ4v) is 2.27. The minimum atomic E-state index is 0.751. The molecule has 1 aromatic carbocycles. The van der Waals surface area contributed by atoms with Crippen LogP contribution in [-0.4, -0.2) is 14.8 Å². The SMILES string of the molecule is Cc1nn(C)cc1NCc1cccc2cccnc12. The van der Waals surface area contributed by atoms with E-state index in [9.17, 15) is 0 Å². The van der Waals surface area contributed by atoms with Crippen LogP contribution in [0.5, 0.6) is 0 Å². The van der Waals surface area contributed by atoms with Crippen molar-refractivity contribution in [2.45, 2.75) is 13.5 Å². The van der Waals surface area contributed by atoms with Gasteiger partial charge in [-0.2, -0.15) is 5.10 Å². The van der Waals surface area contributed by atoms with Gasteiger partial charge in [-0.15, -0.1) is 0 Å². The Bertz CT molecular complexity index is 710. The maximum atomic E-state index is 4.46. The zero-order chi connectivity index (χ0) is 13.2. The maximum absolute atomic E-state index is 4.46. The second kappa shape index (κ2) is 4.72. The highest BCUT2D eigenvalue weighted by Gasteiger charge is 2.05. The van der Waals surface area contributed by atoms with Crippen LogP contribution < -0.4 is 5.32 Å². The second-order valence-corrected chi connectivity index (χ2v) is 4.65. The Morgan fingerprint density at radius 2 is 2.05 bits per heavy atom. The molecule has 3 aromatic rings. The first-order valence-corrected chi connectivity index (χ1v) is 6.31. The Balaban J connectivity index is 1.88. The molecule has 0 saturated carbocycles. The molecule has 96 valence electrons. The van der Waals surface area contributed by atoms with E-state index in [0.717, 1.165) is 23.4 Å². The predicted octanol–water partition coefficient (Wildman–Crippen LogP) is 2.89. The molecule has 0 aliphatic rings. The molecule has 2 heterocycles. The van der Waals surface area contributed by atoms with Crippen LogP contribution in [0, 0.1) is 6.92 Å². The summed E-state index contributed by atoms with van der Waals surface area (Å²) in [5.41, 5.74) is 4.33. The molecule has 0 aliphatic heterocycles. The Morgan fingerprint density at radius 1 is 1.21 bits per heavy atom. The molecular weight excluding hydrogens is 236 g/mol. The van der Waals surface area contributed by atoms with Crippen LogP contribution in [0.1, 0.15) is 11.3 Å². The smallest absolute Gasteiger partial charge is 0.0825 e. The molecule has 0 fully saturated rings. The number of benzene rings is 1. The molecule has 3 rings (SSSR count). The van der Waals surface area contributed by atoms with Gasteiger partial charge in [-0.05, 0) is 18.6 Å². The minimum absolute atomic E-state index is 0.751.